The molecule has 146 valence electrons. The molecule has 0 saturated heterocycles. The maximum Gasteiger partial charge on any atom is 0.333 e. The van der Waals surface area contributed by atoms with Crippen molar-refractivity contribution in [1.29, 1.82) is 0 Å². The Morgan fingerprint density at radius 2 is 1.89 bits per heavy atom. The summed E-state index contributed by atoms with van der Waals surface area (Å²) in [6, 6.07) is -1.03. The Morgan fingerprint density at radius 1 is 1.22 bits per heavy atom. The summed E-state index contributed by atoms with van der Waals surface area (Å²) in [6.45, 7) is 8.28. The Balaban J connectivity index is 2.45. The quantitative estimate of drug-likeness (QED) is 0.627. The number of carbonyl (C=O) groups excluding carboxylic acids is 1. The van der Waals surface area contributed by atoms with Gasteiger partial charge in [-0.15, -0.1) is 0 Å². The summed E-state index contributed by atoms with van der Waals surface area (Å²) in [5.41, 5.74) is 1.36. The molecule has 0 spiro atoms. The van der Waals surface area contributed by atoms with Gasteiger partial charge in [0.1, 0.15) is 6.04 Å². The van der Waals surface area contributed by atoms with E-state index in [-0.39, 0.29) is 0 Å². The monoisotopic (exact) mass is 375 g/mol. The van der Waals surface area contributed by atoms with E-state index >= 15 is 0 Å². The maximum atomic E-state index is 13.2. The van der Waals surface area contributed by atoms with Crippen LogP contribution >= 0.6 is 0 Å². The van der Waals surface area contributed by atoms with Gasteiger partial charge in [-0.3, -0.25) is 13.8 Å². The van der Waals surface area contributed by atoms with Crippen molar-refractivity contribution in [2.45, 2.75) is 53.1 Å². The number of imidazole rings is 2. The summed E-state index contributed by atoms with van der Waals surface area (Å²) >= 11 is 0. The van der Waals surface area contributed by atoms with Crippen molar-refractivity contribution in [2.24, 2.45) is 7.05 Å². The van der Waals surface area contributed by atoms with Crippen molar-refractivity contribution < 1.29 is 9.53 Å². The lowest BCUT2D eigenvalue weighted by molar-refractivity contribution is -0.144. The van der Waals surface area contributed by atoms with Gasteiger partial charge in [0.2, 0.25) is 5.78 Å². The molecule has 1 atom stereocenters. The van der Waals surface area contributed by atoms with Crippen LogP contribution in [0.15, 0.2) is 9.59 Å². The van der Waals surface area contributed by atoms with Gasteiger partial charge in [0.25, 0.3) is 5.56 Å². The van der Waals surface area contributed by atoms with E-state index in [1.807, 2.05) is 13.8 Å². The first-order valence-corrected chi connectivity index (χ1v) is 9.03. The fraction of sp³-hybridized carbons (Fsp3) is 0.556. The van der Waals surface area contributed by atoms with Gasteiger partial charge in [-0.1, -0.05) is 13.3 Å². The Labute approximate surface area is 155 Å². The molecule has 0 fully saturated rings. The third kappa shape index (κ3) is 2.60. The van der Waals surface area contributed by atoms with Crippen LogP contribution in [0.4, 0.5) is 0 Å². The lowest BCUT2D eigenvalue weighted by Crippen LogP contribution is -2.43. The number of unbranched alkanes of at least 4 members (excludes halogenated alkanes) is 1. The normalized spacial score (nSPS) is 12.8. The number of hydrogen-bond donors (Lipinski definition) is 0. The number of aromatic nitrogens is 5. The van der Waals surface area contributed by atoms with Crippen LogP contribution in [-0.2, 0) is 23.1 Å². The number of hydrogen-bond acceptors (Lipinski definition) is 5. The molecule has 3 rings (SSSR count). The van der Waals surface area contributed by atoms with E-state index in [9.17, 15) is 14.4 Å². The molecule has 0 unspecified atom stereocenters. The summed E-state index contributed by atoms with van der Waals surface area (Å²) < 4.78 is 10.8. The van der Waals surface area contributed by atoms with Crippen LogP contribution < -0.4 is 11.2 Å². The van der Waals surface area contributed by atoms with Crippen LogP contribution in [0.2, 0.25) is 0 Å². The standard InChI is InChI=1S/C18H25N5O4/c1-7-8-9-21-10(2)11(3)22-13-14(19-17(21)22)20(5)18(26)23(15(13)24)12(4)16(25)27-6/h12H,7-9H2,1-6H3/t12-/m0/s1. The molecule has 0 aliphatic rings. The minimum Gasteiger partial charge on any atom is -0.467 e. The smallest absolute Gasteiger partial charge is 0.333 e. The van der Waals surface area contributed by atoms with E-state index in [1.165, 1.54) is 18.6 Å². The van der Waals surface area contributed by atoms with Crippen LogP contribution in [0.5, 0.6) is 0 Å². The van der Waals surface area contributed by atoms with Gasteiger partial charge in [0.05, 0.1) is 7.11 Å². The highest BCUT2D eigenvalue weighted by molar-refractivity contribution is 5.78. The summed E-state index contributed by atoms with van der Waals surface area (Å²) in [5, 5.41) is 0. The van der Waals surface area contributed by atoms with Crippen LogP contribution in [0.25, 0.3) is 16.9 Å². The van der Waals surface area contributed by atoms with Gasteiger partial charge < -0.3 is 9.30 Å². The summed E-state index contributed by atoms with van der Waals surface area (Å²) in [4.78, 5) is 42.5. The number of aryl methyl sites for hydroxylation is 3. The Bertz CT molecular complexity index is 1160. The Hall–Kier alpha value is -2.84. The van der Waals surface area contributed by atoms with Crippen LogP contribution in [0, 0.1) is 13.8 Å². The molecule has 3 aromatic heterocycles. The van der Waals surface area contributed by atoms with Crippen LogP contribution in [-0.4, -0.2) is 36.2 Å². The molecular formula is C18H25N5O4. The minimum absolute atomic E-state index is 0.290. The lowest BCUT2D eigenvalue weighted by atomic mass is 10.3. The van der Waals surface area contributed by atoms with E-state index in [0.717, 1.165) is 35.3 Å². The first-order valence-electron chi connectivity index (χ1n) is 9.03. The Kier molecular flexibility index (Phi) is 4.71. The number of carbonyl (C=O) groups is 1. The second-order valence-corrected chi connectivity index (χ2v) is 6.81. The first-order chi connectivity index (χ1) is 12.8. The van der Waals surface area contributed by atoms with E-state index in [2.05, 4.69) is 16.5 Å². The predicted octanol–water partition coefficient (Wildman–Crippen LogP) is 1.30. The highest BCUT2D eigenvalue weighted by Gasteiger charge is 2.26. The zero-order valence-corrected chi connectivity index (χ0v) is 16.6. The minimum atomic E-state index is -1.03. The lowest BCUT2D eigenvalue weighted by Gasteiger charge is -2.13. The predicted molar refractivity (Wildman–Crippen MR) is 101 cm³/mol. The molecule has 9 nitrogen and oxygen atoms in total. The number of methoxy groups -OCH3 is 1. The highest BCUT2D eigenvalue weighted by Crippen LogP contribution is 2.21. The van der Waals surface area contributed by atoms with Crippen LogP contribution in [0.1, 0.15) is 44.1 Å². The molecule has 0 bridgehead atoms. The molecule has 3 heterocycles. The fourth-order valence-corrected chi connectivity index (χ4v) is 3.48. The summed E-state index contributed by atoms with van der Waals surface area (Å²) in [5.74, 6) is -0.0215. The summed E-state index contributed by atoms with van der Waals surface area (Å²) in [6.07, 6.45) is 2.02. The Morgan fingerprint density at radius 3 is 2.48 bits per heavy atom. The molecule has 9 heteroatoms. The van der Waals surface area contributed by atoms with Gasteiger partial charge in [0, 0.05) is 25.0 Å². The molecule has 0 aliphatic heterocycles. The third-order valence-corrected chi connectivity index (χ3v) is 5.24. The van der Waals surface area contributed by atoms with Crippen molar-refractivity contribution >= 4 is 22.9 Å². The summed E-state index contributed by atoms with van der Waals surface area (Å²) in [7, 11) is 2.78. The average molecular weight is 375 g/mol. The van der Waals surface area contributed by atoms with E-state index in [1.54, 1.807) is 11.4 Å². The molecule has 0 radical (unpaired) electrons. The molecule has 0 N–H and O–H groups in total. The number of ether oxygens (including phenoxy) is 1. The molecule has 3 aromatic rings. The van der Waals surface area contributed by atoms with Gasteiger partial charge in [-0.2, -0.15) is 4.98 Å². The number of rotatable bonds is 5. The average Bonchev–Trinajstić information content (AvgIpc) is 3.14. The molecule has 27 heavy (non-hydrogen) atoms. The van der Waals surface area contributed by atoms with Crippen molar-refractivity contribution in [3.05, 3.63) is 32.2 Å². The number of fused-ring (bicyclic) bond motifs is 3. The fourth-order valence-electron chi connectivity index (χ4n) is 3.48. The highest BCUT2D eigenvalue weighted by atomic mass is 16.5. The van der Waals surface area contributed by atoms with E-state index < -0.39 is 23.3 Å². The zero-order valence-electron chi connectivity index (χ0n) is 16.6. The van der Waals surface area contributed by atoms with Crippen molar-refractivity contribution in [3.8, 4) is 0 Å². The molecule has 0 aliphatic carbocycles. The number of nitrogens with zero attached hydrogens (tertiary/aromatic N) is 5. The van der Waals surface area contributed by atoms with Crippen LogP contribution in [0.3, 0.4) is 0 Å². The topological polar surface area (TPSA) is 92.5 Å². The van der Waals surface area contributed by atoms with Gasteiger partial charge in [-0.25, -0.2) is 14.2 Å². The first kappa shape index (κ1) is 18.9. The zero-order chi connectivity index (χ0) is 20.0. The SMILES string of the molecule is CCCCn1c(C)c(C)n2c3c(=O)n([C@@H](C)C(=O)OC)c(=O)n(C)c3nc12. The molecule has 0 aromatic carbocycles. The van der Waals surface area contributed by atoms with Gasteiger partial charge in [0.15, 0.2) is 11.2 Å². The molecular weight excluding hydrogens is 350 g/mol. The van der Waals surface area contributed by atoms with Crippen molar-refractivity contribution in [2.75, 3.05) is 7.11 Å². The van der Waals surface area contributed by atoms with Crippen molar-refractivity contribution in [1.82, 2.24) is 23.1 Å². The van der Waals surface area contributed by atoms with E-state index in [4.69, 9.17) is 4.74 Å². The second kappa shape index (κ2) is 6.71. The van der Waals surface area contributed by atoms with Crippen molar-refractivity contribution in [3.63, 3.8) is 0 Å². The van der Waals surface area contributed by atoms with E-state index in [0.29, 0.717) is 16.9 Å². The third-order valence-electron chi connectivity index (χ3n) is 5.24. The molecule has 0 amide bonds. The largest absolute Gasteiger partial charge is 0.467 e. The molecule has 0 saturated carbocycles. The van der Waals surface area contributed by atoms with Gasteiger partial charge >= 0.3 is 11.7 Å². The second-order valence-electron chi connectivity index (χ2n) is 6.81. The van der Waals surface area contributed by atoms with Gasteiger partial charge in [-0.05, 0) is 27.2 Å². The maximum absolute atomic E-state index is 13.2. The number of esters is 1.